The summed E-state index contributed by atoms with van der Waals surface area (Å²) in [6.07, 6.45) is 1.63. The highest BCUT2D eigenvalue weighted by atomic mass is 16.5. The topological polar surface area (TPSA) is 88.1 Å². The van der Waals surface area contributed by atoms with Crippen molar-refractivity contribution in [2.45, 2.75) is 37.5 Å². The first-order valence-corrected chi connectivity index (χ1v) is 6.31. The molecule has 5 heteroatoms. The molecule has 1 saturated carbocycles. The number of rotatable bonds is 3. The minimum Gasteiger partial charge on any atom is -0.445 e. The zero-order valence-corrected chi connectivity index (χ0v) is 10.6. The zero-order chi connectivity index (χ0) is 13.7. The lowest BCUT2D eigenvalue weighted by Crippen LogP contribution is -2.54. The molecule has 1 aliphatic rings. The summed E-state index contributed by atoms with van der Waals surface area (Å²) < 4.78 is 5.11. The summed E-state index contributed by atoms with van der Waals surface area (Å²) in [6, 6.07) is 11.2. The predicted octanol–water partition coefficient (Wildman–Crippen LogP) is 1.69. The smallest absolute Gasteiger partial charge is 0.407 e. The molecule has 0 bridgehead atoms. The minimum atomic E-state index is -0.967. The molecule has 0 saturated heterocycles. The van der Waals surface area contributed by atoms with Crippen LogP contribution in [0.2, 0.25) is 0 Å². The molecule has 1 fully saturated rings. The molecule has 19 heavy (non-hydrogen) atoms. The molecule has 0 radical (unpaired) electrons. The van der Waals surface area contributed by atoms with Crippen molar-refractivity contribution in [1.29, 1.82) is 5.26 Å². The van der Waals surface area contributed by atoms with Crippen LogP contribution in [-0.2, 0) is 11.3 Å². The van der Waals surface area contributed by atoms with Gasteiger partial charge in [0, 0.05) is 0 Å². The Balaban J connectivity index is 1.84. The van der Waals surface area contributed by atoms with Crippen LogP contribution in [0.5, 0.6) is 0 Å². The summed E-state index contributed by atoms with van der Waals surface area (Å²) in [5.74, 6) is 0. The van der Waals surface area contributed by atoms with Gasteiger partial charge in [0.25, 0.3) is 0 Å². The maximum atomic E-state index is 11.7. The fourth-order valence-corrected chi connectivity index (χ4v) is 2.27. The Labute approximate surface area is 112 Å². The number of nitrogens with one attached hydrogen (secondary N) is 1. The number of hydrogen-bond acceptors (Lipinski definition) is 4. The first-order valence-electron chi connectivity index (χ1n) is 6.31. The molecule has 0 aromatic heterocycles. The van der Waals surface area contributed by atoms with E-state index in [-0.39, 0.29) is 12.6 Å². The molecule has 1 aliphatic carbocycles. The van der Waals surface area contributed by atoms with Crippen LogP contribution >= 0.6 is 0 Å². The highest BCUT2D eigenvalue weighted by Gasteiger charge is 2.41. The molecule has 1 aromatic rings. The third kappa shape index (κ3) is 3.24. The van der Waals surface area contributed by atoms with E-state index in [2.05, 4.69) is 11.4 Å². The number of carbonyl (C=O) groups is 1. The largest absolute Gasteiger partial charge is 0.445 e. The molecule has 1 amide bonds. The van der Waals surface area contributed by atoms with Crippen LogP contribution in [0, 0.1) is 11.3 Å². The van der Waals surface area contributed by atoms with E-state index in [0.29, 0.717) is 12.8 Å². The van der Waals surface area contributed by atoms with Crippen molar-refractivity contribution >= 4 is 6.09 Å². The fourth-order valence-electron chi connectivity index (χ4n) is 2.27. The summed E-state index contributed by atoms with van der Waals surface area (Å²) in [7, 11) is 0. The lowest BCUT2D eigenvalue weighted by Gasteiger charge is -2.24. The van der Waals surface area contributed by atoms with Gasteiger partial charge in [0.2, 0.25) is 0 Å². The van der Waals surface area contributed by atoms with E-state index < -0.39 is 11.6 Å². The molecule has 0 spiro atoms. The number of alkyl carbamates (subject to hydrolysis) is 1. The van der Waals surface area contributed by atoms with Gasteiger partial charge in [-0.3, -0.25) is 0 Å². The van der Waals surface area contributed by atoms with Gasteiger partial charge in [-0.15, -0.1) is 0 Å². The first-order chi connectivity index (χ1) is 9.14. The molecular weight excluding hydrogens is 242 g/mol. The van der Waals surface area contributed by atoms with Crippen LogP contribution in [-0.4, -0.2) is 17.7 Å². The molecule has 3 N–H and O–H groups in total. The van der Waals surface area contributed by atoms with Crippen molar-refractivity contribution in [2.24, 2.45) is 5.73 Å². The van der Waals surface area contributed by atoms with Gasteiger partial charge in [0.1, 0.15) is 12.1 Å². The van der Waals surface area contributed by atoms with E-state index in [1.165, 1.54) is 0 Å². The maximum absolute atomic E-state index is 11.7. The van der Waals surface area contributed by atoms with Crippen molar-refractivity contribution in [2.75, 3.05) is 0 Å². The second-order valence-corrected chi connectivity index (χ2v) is 4.80. The number of hydrogen-bond donors (Lipinski definition) is 2. The first kappa shape index (κ1) is 13.4. The van der Waals surface area contributed by atoms with Gasteiger partial charge in [-0.05, 0) is 24.8 Å². The third-order valence-corrected chi connectivity index (χ3v) is 3.42. The average Bonchev–Trinajstić information content (AvgIpc) is 2.80. The Kier molecular flexibility index (Phi) is 4.03. The second-order valence-electron chi connectivity index (χ2n) is 4.80. The van der Waals surface area contributed by atoms with Crippen LogP contribution < -0.4 is 11.1 Å². The third-order valence-electron chi connectivity index (χ3n) is 3.42. The van der Waals surface area contributed by atoms with Crippen LogP contribution in [0.1, 0.15) is 24.8 Å². The molecule has 0 heterocycles. The summed E-state index contributed by atoms with van der Waals surface area (Å²) >= 11 is 0. The molecule has 5 nitrogen and oxygen atoms in total. The number of benzene rings is 1. The van der Waals surface area contributed by atoms with Gasteiger partial charge in [-0.1, -0.05) is 30.3 Å². The molecular formula is C14H17N3O2. The summed E-state index contributed by atoms with van der Waals surface area (Å²) in [5, 5.41) is 11.7. The Hall–Kier alpha value is -2.06. The quantitative estimate of drug-likeness (QED) is 0.864. The van der Waals surface area contributed by atoms with Crippen molar-refractivity contribution in [1.82, 2.24) is 5.32 Å². The van der Waals surface area contributed by atoms with Gasteiger partial charge < -0.3 is 15.8 Å². The molecule has 100 valence electrons. The normalized spacial score (nSPS) is 25.6. The Bertz CT molecular complexity index is 483. The Morgan fingerprint density at radius 2 is 2.26 bits per heavy atom. The number of nitriles is 1. The fraction of sp³-hybridized carbons (Fsp3) is 0.429. The van der Waals surface area contributed by atoms with Gasteiger partial charge in [-0.2, -0.15) is 5.26 Å². The van der Waals surface area contributed by atoms with Gasteiger partial charge in [0.15, 0.2) is 0 Å². The summed E-state index contributed by atoms with van der Waals surface area (Å²) in [4.78, 5) is 11.7. The molecule has 1 aromatic carbocycles. The van der Waals surface area contributed by atoms with Gasteiger partial charge >= 0.3 is 6.09 Å². The Morgan fingerprint density at radius 1 is 1.53 bits per heavy atom. The lowest BCUT2D eigenvalue weighted by atomic mass is 9.97. The van der Waals surface area contributed by atoms with Crippen molar-refractivity contribution in [3.05, 3.63) is 35.9 Å². The lowest BCUT2D eigenvalue weighted by molar-refractivity contribution is 0.133. The molecule has 2 atom stereocenters. The highest BCUT2D eigenvalue weighted by molar-refractivity contribution is 5.68. The van der Waals surface area contributed by atoms with E-state index in [9.17, 15) is 4.79 Å². The van der Waals surface area contributed by atoms with Crippen LogP contribution in [0.25, 0.3) is 0 Å². The molecule has 2 rings (SSSR count). The monoisotopic (exact) mass is 259 g/mol. The Morgan fingerprint density at radius 3 is 2.95 bits per heavy atom. The van der Waals surface area contributed by atoms with Crippen molar-refractivity contribution in [3.8, 4) is 6.07 Å². The molecule has 2 unspecified atom stereocenters. The number of ether oxygens (including phenoxy) is 1. The van der Waals surface area contributed by atoms with E-state index in [1.54, 1.807) is 0 Å². The van der Waals surface area contributed by atoms with E-state index in [1.807, 2.05) is 30.3 Å². The number of carbonyl (C=O) groups excluding carboxylic acids is 1. The van der Waals surface area contributed by atoms with Crippen LogP contribution in [0.15, 0.2) is 30.3 Å². The SMILES string of the molecule is N#CC1(N)CCCC1NC(=O)OCc1ccccc1. The minimum absolute atomic E-state index is 0.212. The van der Waals surface area contributed by atoms with E-state index in [0.717, 1.165) is 12.0 Å². The zero-order valence-electron chi connectivity index (χ0n) is 10.6. The molecule has 0 aliphatic heterocycles. The van der Waals surface area contributed by atoms with Crippen LogP contribution in [0.3, 0.4) is 0 Å². The van der Waals surface area contributed by atoms with Gasteiger partial charge in [0.05, 0.1) is 12.1 Å². The second kappa shape index (κ2) is 5.72. The number of nitrogens with zero attached hydrogens (tertiary/aromatic N) is 1. The highest BCUT2D eigenvalue weighted by Crippen LogP contribution is 2.27. The van der Waals surface area contributed by atoms with Crippen LogP contribution in [0.4, 0.5) is 4.79 Å². The number of amides is 1. The van der Waals surface area contributed by atoms with Crippen molar-refractivity contribution < 1.29 is 9.53 Å². The van der Waals surface area contributed by atoms with E-state index >= 15 is 0 Å². The van der Waals surface area contributed by atoms with Crippen molar-refractivity contribution in [3.63, 3.8) is 0 Å². The summed E-state index contributed by atoms with van der Waals surface area (Å²) in [6.45, 7) is 0.212. The number of nitrogens with two attached hydrogens (primary N) is 1. The predicted molar refractivity (Wildman–Crippen MR) is 69.9 cm³/mol. The summed E-state index contributed by atoms with van der Waals surface area (Å²) in [5.41, 5.74) is 5.88. The maximum Gasteiger partial charge on any atom is 0.407 e. The van der Waals surface area contributed by atoms with Gasteiger partial charge in [-0.25, -0.2) is 4.79 Å². The average molecular weight is 259 g/mol. The van der Waals surface area contributed by atoms with E-state index in [4.69, 9.17) is 15.7 Å². The standard InChI is InChI=1S/C14H17N3O2/c15-10-14(16)8-4-7-12(14)17-13(18)19-9-11-5-2-1-3-6-11/h1-3,5-6,12H,4,7-9,16H2,(H,17,18).